The van der Waals surface area contributed by atoms with Gasteiger partial charge in [0.15, 0.2) is 0 Å². The van der Waals surface area contributed by atoms with E-state index < -0.39 is 11.9 Å². The Hall–Kier alpha value is -1.30. The normalized spacial score (nSPS) is 31.2. The topological polar surface area (TPSA) is 78.9 Å². The Labute approximate surface area is 131 Å². The van der Waals surface area contributed by atoms with Gasteiger partial charge in [-0.2, -0.15) is 0 Å². The Morgan fingerprint density at radius 2 is 1.95 bits per heavy atom. The lowest BCUT2D eigenvalue weighted by Crippen LogP contribution is -2.52. The molecule has 2 amide bonds. The van der Waals surface area contributed by atoms with E-state index in [-0.39, 0.29) is 17.7 Å². The second-order valence-electron chi connectivity index (χ2n) is 7.00. The second kappa shape index (κ2) is 6.44. The lowest BCUT2D eigenvalue weighted by atomic mass is 9.78. The minimum absolute atomic E-state index is 0.0247. The zero-order valence-corrected chi connectivity index (χ0v) is 13.1. The van der Waals surface area contributed by atoms with Crippen molar-refractivity contribution in [2.45, 2.75) is 63.0 Å². The number of rotatable bonds is 2. The Morgan fingerprint density at radius 1 is 1.18 bits per heavy atom. The molecule has 0 aromatic rings. The zero-order chi connectivity index (χ0) is 15.6. The van der Waals surface area contributed by atoms with Crippen LogP contribution in [0, 0.1) is 5.92 Å². The molecular formula is C16H26N2O4. The second-order valence-corrected chi connectivity index (χ2v) is 7.00. The minimum atomic E-state index is -0.803. The van der Waals surface area contributed by atoms with Gasteiger partial charge in [0.05, 0.1) is 11.5 Å². The van der Waals surface area contributed by atoms with Gasteiger partial charge >= 0.3 is 12.0 Å². The van der Waals surface area contributed by atoms with Crippen molar-refractivity contribution in [2.24, 2.45) is 5.92 Å². The third kappa shape index (κ3) is 3.37. The summed E-state index contributed by atoms with van der Waals surface area (Å²) in [5, 5.41) is 12.1. The summed E-state index contributed by atoms with van der Waals surface area (Å²) in [5.41, 5.74) is -0.0247. The van der Waals surface area contributed by atoms with Crippen LogP contribution in [-0.2, 0) is 9.53 Å². The summed E-state index contributed by atoms with van der Waals surface area (Å²) in [4.78, 5) is 25.0. The predicted molar refractivity (Wildman–Crippen MR) is 80.6 cm³/mol. The summed E-state index contributed by atoms with van der Waals surface area (Å²) in [6.07, 6.45) is 8.22. The summed E-state index contributed by atoms with van der Waals surface area (Å²) in [6.45, 7) is 1.58. The third-order valence-corrected chi connectivity index (χ3v) is 5.41. The number of carboxylic acids is 1. The standard InChI is InChI=1S/C16H26N2O4/c19-14(20)12-4-8-18(11-12)15(21)17-13-5-9-22-16(10-13)6-2-1-3-7-16/h12-13H,1-11H2,(H,17,21)(H,19,20). The van der Waals surface area contributed by atoms with Crippen molar-refractivity contribution in [3.63, 3.8) is 0 Å². The number of nitrogens with one attached hydrogen (secondary N) is 1. The first kappa shape index (κ1) is 15.6. The molecule has 0 radical (unpaired) electrons. The third-order valence-electron chi connectivity index (χ3n) is 5.41. The fourth-order valence-corrected chi connectivity index (χ4v) is 4.11. The fraction of sp³-hybridized carbons (Fsp3) is 0.875. The molecule has 1 spiro atoms. The molecule has 2 aliphatic heterocycles. The number of hydrogen-bond donors (Lipinski definition) is 2. The number of ether oxygens (including phenoxy) is 1. The Morgan fingerprint density at radius 3 is 2.64 bits per heavy atom. The maximum Gasteiger partial charge on any atom is 0.317 e. The van der Waals surface area contributed by atoms with Crippen molar-refractivity contribution in [3.8, 4) is 0 Å². The molecule has 22 heavy (non-hydrogen) atoms. The lowest BCUT2D eigenvalue weighted by Gasteiger charge is -2.43. The van der Waals surface area contributed by atoms with Gasteiger partial charge in [0.2, 0.25) is 0 Å². The van der Waals surface area contributed by atoms with Crippen LogP contribution in [-0.4, -0.2) is 53.3 Å². The van der Waals surface area contributed by atoms with Gasteiger partial charge in [-0.25, -0.2) is 4.79 Å². The van der Waals surface area contributed by atoms with E-state index in [1.165, 1.54) is 19.3 Å². The number of urea groups is 1. The van der Waals surface area contributed by atoms with Crippen molar-refractivity contribution >= 4 is 12.0 Å². The number of aliphatic carboxylic acids is 1. The summed E-state index contributed by atoms with van der Waals surface area (Å²) >= 11 is 0. The Balaban J connectivity index is 1.52. The number of likely N-dealkylation sites (tertiary alicyclic amines) is 1. The van der Waals surface area contributed by atoms with Crippen molar-refractivity contribution in [1.29, 1.82) is 0 Å². The van der Waals surface area contributed by atoms with Crippen LogP contribution in [0.25, 0.3) is 0 Å². The molecule has 1 saturated carbocycles. The van der Waals surface area contributed by atoms with E-state index in [4.69, 9.17) is 9.84 Å². The minimum Gasteiger partial charge on any atom is -0.481 e. The van der Waals surface area contributed by atoms with Crippen LogP contribution >= 0.6 is 0 Å². The molecule has 1 aliphatic carbocycles. The number of carbonyl (C=O) groups excluding carboxylic acids is 1. The van der Waals surface area contributed by atoms with E-state index in [2.05, 4.69) is 5.32 Å². The van der Waals surface area contributed by atoms with Crippen LogP contribution in [0.3, 0.4) is 0 Å². The van der Waals surface area contributed by atoms with E-state index in [9.17, 15) is 9.59 Å². The van der Waals surface area contributed by atoms with Crippen LogP contribution in [0.5, 0.6) is 0 Å². The first-order chi connectivity index (χ1) is 10.6. The maximum absolute atomic E-state index is 12.3. The van der Waals surface area contributed by atoms with Crippen molar-refractivity contribution in [1.82, 2.24) is 10.2 Å². The van der Waals surface area contributed by atoms with Gasteiger partial charge in [-0.3, -0.25) is 4.79 Å². The van der Waals surface area contributed by atoms with Crippen LogP contribution in [0.15, 0.2) is 0 Å². The lowest BCUT2D eigenvalue weighted by molar-refractivity contribution is -0.141. The molecule has 0 bridgehead atoms. The maximum atomic E-state index is 12.3. The molecule has 0 aromatic heterocycles. The molecule has 3 aliphatic rings. The van der Waals surface area contributed by atoms with Crippen LogP contribution in [0.1, 0.15) is 51.4 Å². The molecule has 3 rings (SSSR count). The number of carboxylic acid groups (broad SMARTS) is 1. The van der Waals surface area contributed by atoms with Crippen LogP contribution < -0.4 is 5.32 Å². The van der Waals surface area contributed by atoms with Crippen molar-refractivity contribution in [2.75, 3.05) is 19.7 Å². The van der Waals surface area contributed by atoms with Crippen LogP contribution in [0.4, 0.5) is 4.79 Å². The van der Waals surface area contributed by atoms with E-state index in [1.807, 2.05) is 0 Å². The predicted octanol–water partition coefficient (Wildman–Crippen LogP) is 1.98. The summed E-state index contributed by atoms with van der Waals surface area (Å²) < 4.78 is 6.05. The quantitative estimate of drug-likeness (QED) is 0.817. The van der Waals surface area contributed by atoms with Crippen LogP contribution in [0.2, 0.25) is 0 Å². The van der Waals surface area contributed by atoms with Crippen molar-refractivity contribution < 1.29 is 19.4 Å². The average Bonchev–Trinajstić information content (AvgIpc) is 2.98. The highest BCUT2D eigenvalue weighted by atomic mass is 16.5. The first-order valence-electron chi connectivity index (χ1n) is 8.50. The summed E-state index contributed by atoms with van der Waals surface area (Å²) in [5.74, 6) is -1.22. The summed E-state index contributed by atoms with van der Waals surface area (Å²) in [6, 6.07) is 0.0461. The number of nitrogens with zero attached hydrogens (tertiary/aromatic N) is 1. The molecule has 2 heterocycles. The zero-order valence-electron chi connectivity index (χ0n) is 13.1. The molecule has 6 heteroatoms. The number of carbonyl (C=O) groups is 2. The smallest absolute Gasteiger partial charge is 0.317 e. The largest absolute Gasteiger partial charge is 0.481 e. The van der Waals surface area contributed by atoms with Crippen molar-refractivity contribution in [3.05, 3.63) is 0 Å². The molecule has 2 atom stereocenters. The molecule has 3 fully saturated rings. The first-order valence-corrected chi connectivity index (χ1v) is 8.50. The van der Waals surface area contributed by atoms with Gasteiger partial charge in [-0.05, 0) is 32.1 Å². The van der Waals surface area contributed by atoms with Gasteiger partial charge < -0.3 is 20.1 Å². The van der Waals surface area contributed by atoms with Gasteiger partial charge in [-0.15, -0.1) is 0 Å². The SMILES string of the molecule is O=C(O)C1CCN(C(=O)NC2CCOC3(CCCCC3)C2)C1. The van der Waals surface area contributed by atoms with Gasteiger partial charge in [-0.1, -0.05) is 19.3 Å². The number of hydrogen-bond acceptors (Lipinski definition) is 3. The molecule has 2 saturated heterocycles. The molecule has 0 aromatic carbocycles. The highest BCUT2D eigenvalue weighted by Crippen LogP contribution is 2.38. The van der Waals surface area contributed by atoms with E-state index in [1.54, 1.807) is 4.90 Å². The molecule has 2 unspecified atom stereocenters. The molecular weight excluding hydrogens is 284 g/mol. The average molecular weight is 310 g/mol. The number of amides is 2. The summed E-state index contributed by atoms with van der Waals surface area (Å²) in [7, 11) is 0. The van der Waals surface area contributed by atoms with Gasteiger partial charge in [0.25, 0.3) is 0 Å². The van der Waals surface area contributed by atoms with Gasteiger partial charge in [0, 0.05) is 25.7 Å². The highest BCUT2D eigenvalue weighted by Gasteiger charge is 2.39. The van der Waals surface area contributed by atoms with E-state index >= 15 is 0 Å². The monoisotopic (exact) mass is 310 g/mol. The van der Waals surface area contributed by atoms with Gasteiger partial charge in [0.1, 0.15) is 0 Å². The molecule has 124 valence electrons. The van der Waals surface area contributed by atoms with E-state index in [0.29, 0.717) is 26.1 Å². The Kier molecular flexibility index (Phi) is 4.57. The fourth-order valence-electron chi connectivity index (χ4n) is 4.11. The molecule has 2 N–H and O–H groups in total. The Bertz CT molecular complexity index is 428. The van der Waals surface area contributed by atoms with E-state index in [0.717, 1.165) is 25.7 Å². The highest BCUT2D eigenvalue weighted by molar-refractivity contribution is 5.77. The molecule has 6 nitrogen and oxygen atoms in total.